The maximum absolute atomic E-state index is 5.15. The van der Waals surface area contributed by atoms with E-state index in [1.54, 1.807) is 6.26 Å². The Morgan fingerprint density at radius 2 is 1.89 bits per heavy atom. The molecule has 0 fully saturated rings. The molecular weight excluding hydrogens is 236 g/mol. The quantitative estimate of drug-likeness (QED) is 0.862. The number of rotatable bonds is 6. The Kier molecular flexibility index (Phi) is 4.63. The summed E-state index contributed by atoms with van der Waals surface area (Å²) < 4.78 is 5.15. The molecule has 0 saturated carbocycles. The molecule has 1 aromatic heterocycles. The maximum Gasteiger partial charge on any atom is 0.0935 e. The fourth-order valence-corrected chi connectivity index (χ4v) is 2.20. The van der Waals surface area contributed by atoms with Crippen LogP contribution in [0.15, 0.2) is 47.3 Å². The van der Waals surface area contributed by atoms with E-state index in [4.69, 9.17) is 4.42 Å². The van der Waals surface area contributed by atoms with Gasteiger partial charge in [0.15, 0.2) is 0 Å². The second-order valence-electron chi connectivity index (χ2n) is 4.93. The average Bonchev–Trinajstić information content (AvgIpc) is 2.91. The number of nitrogens with zero attached hydrogens (tertiary/aromatic N) is 1. The van der Waals surface area contributed by atoms with Crippen LogP contribution in [-0.2, 0) is 6.42 Å². The first-order valence-electron chi connectivity index (χ1n) is 6.72. The van der Waals surface area contributed by atoms with Crippen LogP contribution in [-0.4, -0.2) is 20.6 Å². The third kappa shape index (κ3) is 3.61. The number of likely N-dealkylation sites (N-methyl/N-ethyl adjacent to an activating group) is 1. The highest BCUT2D eigenvalue weighted by molar-refractivity contribution is 5.46. The summed E-state index contributed by atoms with van der Waals surface area (Å²) in [5.74, 6) is 0. The van der Waals surface area contributed by atoms with Crippen LogP contribution in [0.5, 0.6) is 0 Å². The van der Waals surface area contributed by atoms with Gasteiger partial charge in [0.2, 0.25) is 0 Å². The van der Waals surface area contributed by atoms with Crippen molar-refractivity contribution in [2.45, 2.75) is 19.4 Å². The Balaban J connectivity index is 2.13. The Bertz CT molecular complexity index is 474. The van der Waals surface area contributed by atoms with Gasteiger partial charge in [-0.1, -0.05) is 19.1 Å². The second kappa shape index (κ2) is 6.43. The Morgan fingerprint density at radius 1 is 1.16 bits per heavy atom. The minimum absolute atomic E-state index is 0.332. The molecule has 102 valence electrons. The summed E-state index contributed by atoms with van der Waals surface area (Å²) in [7, 11) is 4.12. The summed E-state index contributed by atoms with van der Waals surface area (Å²) in [5.41, 5.74) is 3.76. The first-order chi connectivity index (χ1) is 9.20. The summed E-state index contributed by atoms with van der Waals surface area (Å²) in [5, 5.41) is 3.53. The summed E-state index contributed by atoms with van der Waals surface area (Å²) in [6.45, 7) is 3.09. The van der Waals surface area contributed by atoms with Gasteiger partial charge in [-0.25, -0.2) is 0 Å². The van der Waals surface area contributed by atoms with E-state index in [2.05, 4.69) is 55.5 Å². The predicted molar refractivity (Wildman–Crippen MR) is 79.6 cm³/mol. The van der Waals surface area contributed by atoms with Gasteiger partial charge in [-0.3, -0.25) is 0 Å². The van der Waals surface area contributed by atoms with Gasteiger partial charge in [0.25, 0.3) is 0 Å². The number of nitrogens with one attached hydrogen (secondary N) is 1. The van der Waals surface area contributed by atoms with E-state index in [0.29, 0.717) is 6.04 Å². The third-order valence-corrected chi connectivity index (χ3v) is 3.28. The molecule has 3 heteroatoms. The van der Waals surface area contributed by atoms with Crippen LogP contribution in [0.2, 0.25) is 0 Å². The number of hydrogen-bond donors (Lipinski definition) is 1. The average molecular weight is 258 g/mol. The fraction of sp³-hybridized carbons (Fsp3) is 0.375. The minimum atomic E-state index is 0.332. The first kappa shape index (κ1) is 13.7. The SMILES string of the molecule is CCNC(Cc1ccoc1)c1ccc(N(C)C)cc1. The molecule has 1 aromatic carbocycles. The zero-order chi connectivity index (χ0) is 13.7. The van der Waals surface area contributed by atoms with Crippen molar-refractivity contribution in [3.8, 4) is 0 Å². The molecule has 1 unspecified atom stereocenters. The molecule has 1 N–H and O–H groups in total. The van der Waals surface area contributed by atoms with Crippen molar-refractivity contribution in [2.24, 2.45) is 0 Å². The lowest BCUT2D eigenvalue weighted by molar-refractivity contribution is 0.535. The lowest BCUT2D eigenvalue weighted by atomic mass is 10.00. The molecule has 0 saturated heterocycles. The zero-order valence-electron chi connectivity index (χ0n) is 11.9. The molecule has 3 nitrogen and oxygen atoms in total. The highest BCUT2D eigenvalue weighted by Gasteiger charge is 2.12. The van der Waals surface area contributed by atoms with E-state index in [-0.39, 0.29) is 0 Å². The van der Waals surface area contributed by atoms with Gasteiger partial charge >= 0.3 is 0 Å². The highest BCUT2D eigenvalue weighted by atomic mass is 16.3. The van der Waals surface area contributed by atoms with Gasteiger partial charge in [-0.05, 0) is 42.3 Å². The Labute approximate surface area is 115 Å². The molecule has 2 rings (SSSR count). The molecule has 19 heavy (non-hydrogen) atoms. The Morgan fingerprint density at radius 3 is 2.42 bits per heavy atom. The van der Waals surface area contributed by atoms with E-state index < -0.39 is 0 Å². The number of anilines is 1. The van der Waals surface area contributed by atoms with Crippen LogP contribution in [0.3, 0.4) is 0 Å². The van der Waals surface area contributed by atoms with E-state index in [9.17, 15) is 0 Å². The van der Waals surface area contributed by atoms with E-state index >= 15 is 0 Å². The van der Waals surface area contributed by atoms with Crippen LogP contribution >= 0.6 is 0 Å². The molecule has 0 aliphatic rings. The molecule has 0 spiro atoms. The van der Waals surface area contributed by atoms with Gasteiger partial charge in [0.05, 0.1) is 12.5 Å². The molecular formula is C16H22N2O. The third-order valence-electron chi connectivity index (χ3n) is 3.28. The molecule has 0 aliphatic carbocycles. The molecule has 0 amide bonds. The van der Waals surface area contributed by atoms with Crippen LogP contribution in [0.25, 0.3) is 0 Å². The molecule has 1 atom stereocenters. The lowest BCUT2D eigenvalue weighted by Crippen LogP contribution is -2.22. The van der Waals surface area contributed by atoms with Gasteiger partial charge in [0, 0.05) is 25.8 Å². The normalized spacial score (nSPS) is 12.4. The van der Waals surface area contributed by atoms with Gasteiger partial charge in [0.1, 0.15) is 0 Å². The standard InChI is InChI=1S/C16H22N2O/c1-4-17-16(11-13-9-10-19-12-13)14-5-7-15(8-6-14)18(2)3/h5-10,12,16-17H,4,11H2,1-3H3. The van der Waals surface area contributed by atoms with Gasteiger partial charge in [-0.2, -0.15) is 0 Å². The van der Waals surface area contributed by atoms with Gasteiger partial charge < -0.3 is 14.6 Å². The van der Waals surface area contributed by atoms with Crippen LogP contribution < -0.4 is 10.2 Å². The van der Waals surface area contributed by atoms with Crippen molar-refractivity contribution in [3.05, 3.63) is 54.0 Å². The summed E-state index contributed by atoms with van der Waals surface area (Å²) >= 11 is 0. The fourth-order valence-electron chi connectivity index (χ4n) is 2.20. The van der Waals surface area contributed by atoms with E-state index in [1.165, 1.54) is 16.8 Å². The second-order valence-corrected chi connectivity index (χ2v) is 4.93. The van der Waals surface area contributed by atoms with Crippen LogP contribution in [0.4, 0.5) is 5.69 Å². The van der Waals surface area contributed by atoms with Crippen molar-refractivity contribution < 1.29 is 4.42 Å². The van der Waals surface area contributed by atoms with Crippen molar-refractivity contribution in [1.29, 1.82) is 0 Å². The van der Waals surface area contributed by atoms with E-state index in [1.807, 2.05) is 12.3 Å². The molecule has 0 radical (unpaired) electrons. The monoisotopic (exact) mass is 258 g/mol. The van der Waals surface area contributed by atoms with Crippen molar-refractivity contribution in [3.63, 3.8) is 0 Å². The largest absolute Gasteiger partial charge is 0.472 e. The van der Waals surface area contributed by atoms with Crippen LogP contribution in [0.1, 0.15) is 24.1 Å². The lowest BCUT2D eigenvalue weighted by Gasteiger charge is -2.19. The number of benzene rings is 1. The maximum atomic E-state index is 5.15. The zero-order valence-corrected chi connectivity index (χ0v) is 11.9. The van der Waals surface area contributed by atoms with Crippen LogP contribution in [0, 0.1) is 0 Å². The highest BCUT2D eigenvalue weighted by Crippen LogP contribution is 2.21. The van der Waals surface area contributed by atoms with Gasteiger partial charge in [-0.15, -0.1) is 0 Å². The smallest absolute Gasteiger partial charge is 0.0935 e. The summed E-state index contributed by atoms with van der Waals surface area (Å²) in [4.78, 5) is 2.11. The number of hydrogen-bond acceptors (Lipinski definition) is 3. The number of furan rings is 1. The predicted octanol–water partition coefficient (Wildman–Crippen LogP) is 3.24. The topological polar surface area (TPSA) is 28.4 Å². The molecule has 0 bridgehead atoms. The summed E-state index contributed by atoms with van der Waals surface area (Å²) in [6, 6.07) is 11.1. The molecule has 0 aliphatic heterocycles. The van der Waals surface area contributed by atoms with E-state index in [0.717, 1.165) is 13.0 Å². The van der Waals surface area contributed by atoms with Crippen molar-refractivity contribution >= 4 is 5.69 Å². The summed E-state index contributed by atoms with van der Waals surface area (Å²) in [6.07, 6.45) is 4.50. The van der Waals surface area contributed by atoms with Crippen molar-refractivity contribution in [2.75, 3.05) is 25.5 Å². The van der Waals surface area contributed by atoms with Crippen molar-refractivity contribution in [1.82, 2.24) is 5.32 Å². The Hall–Kier alpha value is -1.74. The minimum Gasteiger partial charge on any atom is -0.472 e. The first-order valence-corrected chi connectivity index (χ1v) is 6.72. The molecule has 2 aromatic rings. The molecule has 1 heterocycles.